The van der Waals surface area contributed by atoms with Crippen LogP contribution >= 0.6 is 11.8 Å². The second-order valence-electron chi connectivity index (χ2n) is 4.28. The molecule has 16 heavy (non-hydrogen) atoms. The third-order valence-electron chi connectivity index (χ3n) is 2.95. The summed E-state index contributed by atoms with van der Waals surface area (Å²) < 4.78 is 4.62. The van der Waals surface area contributed by atoms with E-state index >= 15 is 0 Å². The molecule has 2 atom stereocenters. The molecule has 4 heteroatoms. The van der Waals surface area contributed by atoms with E-state index in [1.165, 1.54) is 32.8 Å². The Bertz CT molecular complexity index is 211. The van der Waals surface area contributed by atoms with Gasteiger partial charge in [-0.1, -0.05) is 6.92 Å². The average Bonchev–Trinajstić information content (AvgIpc) is 2.74. The molecule has 3 nitrogen and oxygen atoms in total. The lowest BCUT2D eigenvalue weighted by Gasteiger charge is -2.12. The van der Waals surface area contributed by atoms with Gasteiger partial charge in [-0.3, -0.25) is 4.79 Å². The minimum absolute atomic E-state index is 0.0915. The van der Waals surface area contributed by atoms with Gasteiger partial charge in [0.25, 0.3) is 0 Å². The lowest BCUT2D eigenvalue weighted by molar-refractivity contribution is -0.140. The highest BCUT2D eigenvalue weighted by Crippen LogP contribution is 2.30. The summed E-state index contributed by atoms with van der Waals surface area (Å²) in [6.45, 7) is 3.33. The summed E-state index contributed by atoms with van der Waals surface area (Å²) in [5.41, 5.74) is 0. The van der Waals surface area contributed by atoms with Crippen LogP contribution in [-0.4, -0.2) is 36.7 Å². The lowest BCUT2D eigenvalue weighted by Crippen LogP contribution is -2.27. The molecule has 0 aliphatic heterocycles. The molecule has 0 aromatic carbocycles. The molecule has 2 unspecified atom stereocenters. The van der Waals surface area contributed by atoms with Crippen LogP contribution in [0.1, 0.15) is 39.0 Å². The van der Waals surface area contributed by atoms with Gasteiger partial charge in [0, 0.05) is 17.0 Å². The normalized spacial score (nSPS) is 24.6. The number of nitrogens with one attached hydrogen (secondary N) is 1. The predicted molar refractivity (Wildman–Crippen MR) is 68.8 cm³/mol. The minimum atomic E-state index is -0.0915. The van der Waals surface area contributed by atoms with Crippen molar-refractivity contribution in [1.29, 1.82) is 0 Å². The van der Waals surface area contributed by atoms with E-state index in [4.69, 9.17) is 0 Å². The maximum Gasteiger partial charge on any atom is 0.306 e. The lowest BCUT2D eigenvalue weighted by atomic mass is 10.2. The number of hydrogen-bond acceptors (Lipinski definition) is 4. The number of carbonyl (C=O) groups excluding carboxylic acids is 1. The van der Waals surface area contributed by atoms with Gasteiger partial charge in [0.05, 0.1) is 13.5 Å². The van der Waals surface area contributed by atoms with Gasteiger partial charge in [0.1, 0.15) is 0 Å². The van der Waals surface area contributed by atoms with Crippen LogP contribution in [0.25, 0.3) is 0 Å². The first-order valence-corrected chi connectivity index (χ1v) is 7.23. The number of hydrogen-bond donors (Lipinski definition) is 1. The van der Waals surface area contributed by atoms with Crippen LogP contribution in [0.3, 0.4) is 0 Å². The first kappa shape index (κ1) is 13.8. The molecule has 0 spiro atoms. The van der Waals surface area contributed by atoms with Crippen molar-refractivity contribution in [3.63, 3.8) is 0 Å². The number of rotatable bonds is 7. The number of carbonyl (C=O) groups is 1. The number of thioether (sulfide) groups is 1. The molecule has 1 aliphatic carbocycles. The van der Waals surface area contributed by atoms with Crippen molar-refractivity contribution < 1.29 is 9.53 Å². The van der Waals surface area contributed by atoms with E-state index in [1.807, 2.05) is 11.8 Å². The Morgan fingerprint density at radius 1 is 1.50 bits per heavy atom. The minimum Gasteiger partial charge on any atom is -0.469 e. The Labute approximate surface area is 103 Å². The van der Waals surface area contributed by atoms with Gasteiger partial charge in [-0.05, 0) is 32.2 Å². The first-order chi connectivity index (χ1) is 7.76. The number of esters is 1. The Balaban J connectivity index is 2.05. The molecular weight excluding hydrogens is 222 g/mol. The summed E-state index contributed by atoms with van der Waals surface area (Å²) in [5.74, 6) is 0.809. The van der Waals surface area contributed by atoms with Crippen LogP contribution in [0.4, 0.5) is 0 Å². The summed E-state index contributed by atoms with van der Waals surface area (Å²) in [4.78, 5) is 10.9. The fraction of sp³-hybridized carbons (Fsp3) is 0.917. The van der Waals surface area contributed by atoms with Crippen molar-refractivity contribution in [3.05, 3.63) is 0 Å². The van der Waals surface area contributed by atoms with Crippen LogP contribution < -0.4 is 5.32 Å². The van der Waals surface area contributed by atoms with Crippen molar-refractivity contribution in [1.82, 2.24) is 5.32 Å². The molecule has 0 amide bonds. The Hall–Kier alpha value is -0.220. The molecule has 0 bridgehead atoms. The van der Waals surface area contributed by atoms with Gasteiger partial charge >= 0.3 is 5.97 Å². The molecule has 1 rings (SSSR count). The SMILES string of the molecule is CCCNC1CCC(SCCC(=O)OC)C1. The van der Waals surface area contributed by atoms with Crippen molar-refractivity contribution in [3.8, 4) is 0 Å². The van der Waals surface area contributed by atoms with E-state index in [-0.39, 0.29) is 5.97 Å². The summed E-state index contributed by atoms with van der Waals surface area (Å²) >= 11 is 1.92. The monoisotopic (exact) mass is 245 g/mol. The second-order valence-corrected chi connectivity index (χ2v) is 5.69. The molecule has 1 aliphatic rings. The van der Waals surface area contributed by atoms with Gasteiger partial charge in [0.15, 0.2) is 0 Å². The topological polar surface area (TPSA) is 38.3 Å². The van der Waals surface area contributed by atoms with Crippen molar-refractivity contribution in [2.45, 2.75) is 50.3 Å². The summed E-state index contributed by atoms with van der Waals surface area (Å²) in [6, 6.07) is 0.704. The van der Waals surface area contributed by atoms with E-state index in [0.717, 1.165) is 17.5 Å². The van der Waals surface area contributed by atoms with Gasteiger partial charge < -0.3 is 10.1 Å². The average molecular weight is 245 g/mol. The molecule has 0 radical (unpaired) electrons. The second kappa shape index (κ2) is 7.96. The summed E-state index contributed by atoms with van der Waals surface area (Å²) in [6.07, 6.45) is 5.58. The smallest absolute Gasteiger partial charge is 0.306 e. The third-order valence-corrected chi connectivity index (χ3v) is 4.29. The van der Waals surface area contributed by atoms with Gasteiger partial charge in [-0.15, -0.1) is 0 Å². The molecule has 0 saturated heterocycles. The molecule has 1 N–H and O–H groups in total. The van der Waals surface area contributed by atoms with Crippen molar-refractivity contribution in [2.75, 3.05) is 19.4 Å². The van der Waals surface area contributed by atoms with Crippen LogP contribution in [0.5, 0.6) is 0 Å². The largest absolute Gasteiger partial charge is 0.469 e. The highest BCUT2D eigenvalue weighted by atomic mass is 32.2. The molecule has 0 aromatic rings. The quantitative estimate of drug-likeness (QED) is 0.698. The van der Waals surface area contributed by atoms with Crippen molar-refractivity contribution >= 4 is 17.7 Å². The zero-order valence-corrected chi connectivity index (χ0v) is 11.1. The number of ether oxygens (including phenoxy) is 1. The number of methoxy groups -OCH3 is 1. The fourth-order valence-corrected chi connectivity index (χ4v) is 3.33. The molecule has 1 saturated carbocycles. The highest BCUT2D eigenvalue weighted by Gasteiger charge is 2.24. The summed E-state index contributed by atoms with van der Waals surface area (Å²) in [7, 11) is 1.45. The van der Waals surface area contributed by atoms with Crippen LogP contribution in [-0.2, 0) is 9.53 Å². The Morgan fingerprint density at radius 2 is 2.31 bits per heavy atom. The van der Waals surface area contributed by atoms with Crippen LogP contribution in [0.2, 0.25) is 0 Å². The summed E-state index contributed by atoms with van der Waals surface area (Å²) in [5, 5.41) is 4.30. The van der Waals surface area contributed by atoms with E-state index in [0.29, 0.717) is 12.5 Å². The fourth-order valence-electron chi connectivity index (χ4n) is 2.04. The third kappa shape index (κ3) is 5.21. The standard InChI is InChI=1S/C12H23NO2S/c1-3-7-13-10-4-5-11(9-10)16-8-6-12(14)15-2/h10-11,13H,3-9H2,1-2H3. The van der Waals surface area contributed by atoms with E-state index in [9.17, 15) is 4.79 Å². The van der Waals surface area contributed by atoms with Gasteiger partial charge in [0.2, 0.25) is 0 Å². The zero-order chi connectivity index (χ0) is 11.8. The highest BCUT2D eigenvalue weighted by molar-refractivity contribution is 7.99. The van der Waals surface area contributed by atoms with E-state index in [1.54, 1.807) is 0 Å². The maximum absolute atomic E-state index is 10.9. The molecular formula is C12H23NO2S. The van der Waals surface area contributed by atoms with E-state index in [2.05, 4.69) is 17.0 Å². The van der Waals surface area contributed by atoms with Crippen molar-refractivity contribution in [2.24, 2.45) is 0 Å². The van der Waals surface area contributed by atoms with Gasteiger partial charge in [-0.25, -0.2) is 0 Å². The first-order valence-electron chi connectivity index (χ1n) is 6.18. The Kier molecular flexibility index (Phi) is 6.88. The maximum atomic E-state index is 10.9. The molecule has 0 heterocycles. The molecule has 94 valence electrons. The van der Waals surface area contributed by atoms with Crippen LogP contribution in [0.15, 0.2) is 0 Å². The van der Waals surface area contributed by atoms with E-state index < -0.39 is 0 Å². The zero-order valence-electron chi connectivity index (χ0n) is 10.3. The molecule has 1 fully saturated rings. The molecule has 0 aromatic heterocycles. The van der Waals surface area contributed by atoms with Gasteiger partial charge in [-0.2, -0.15) is 11.8 Å². The Morgan fingerprint density at radius 3 is 3.00 bits per heavy atom. The predicted octanol–water partition coefficient (Wildman–Crippen LogP) is 2.20. The van der Waals surface area contributed by atoms with Crippen LogP contribution in [0, 0.1) is 0 Å².